The van der Waals surface area contributed by atoms with Crippen molar-refractivity contribution in [1.82, 2.24) is 19.9 Å². The van der Waals surface area contributed by atoms with E-state index in [9.17, 15) is 19.8 Å². The lowest BCUT2D eigenvalue weighted by atomic mass is 9.99. The van der Waals surface area contributed by atoms with Crippen molar-refractivity contribution in [2.75, 3.05) is 0 Å². The number of rotatable bonds is 8. The molecule has 8 nitrogen and oxygen atoms in total. The van der Waals surface area contributed by atoms with Gasteiger partial charge in [-0.3, -0.25) is 9.59 Å². The van der Waals surface area contributed by atoms with E-state index in [0.717, 1.165) is 79.8 Å². The second kappa shape index (κ2) is 11.4. The van der Waals surface area contributed by atoms with Crippen molar-refractivity contribution in [3.05, 3.63) is 69.3 Å². The zero-order valence-corrected chi connectivity index (χ0v) is 25.2. The molecule has 42 heavy (non-hydrogen) atoms. The highest BCUT2D eigenvalue weighted by Gasteiger charge is 2.21. The number of allylic oxidation sites excluding steroid dienone is 4. The summed E-state index contributed by atoms with van der Waals surface area (Å²) >= 11 is 0. The van der Waals surface area contributed by atoms with Gasteiger partial charge in [0.05, 0.1) is 22.8 Å². The van der Waals surface area contributed by atoms with Gasteiger partial charge in [0.25, 0.3) is 0 Å². The Kier molecular flexibility index (Phi) is 7.91. The molecule has 8 heteroatoms. The van der Waals surface area contributed by atoms with Gasteiger partial charge in [0.2, 0.25) is 0 Å². The number of fused-ring (bicyclic) bond motifs is 8. The number of hydrogen-bond acceptors (Lipinski definition) is 4. The molecule has 5 heterocycles. The predicted octanol–water partition coefficient (Wildman–Crippen LogP) is 7.65. The van der Waals surface area contributed by atoms with Crippen LogP contribution >= 0.6 is 0 Å². The van der Waals surface area contributed by atoms with Gasteiger partial charge in [-0.1, -0.05) is 13.8 Å². The van der Waals surface area contributed by atoms with E-state index in [1.165, 1.54) is 16.7 Å². The summed E-state index contributed by atoms with van der Waals surface area (Å²) < 4.78 is 0. The van der Waals surface area contributed by atoms with E-state index >= 15 is 0 Å². The van der Waals surface area contributed by atoms with Crippen molar-refractivity contribution in [3.8, 4) is 0 Å². The summed E-state index contributed by atoms with van der Waals surface area (Å²) in [5, 5.41) is 18.9. The molecule has 8 bridgehead atoms. The van der Waals surface area contributed by atoms with Crippen LogP contribution in [-0.4, -0.2) is 42.1 Å². The molecule has 5 rings (SSSR count). The molecule has 0 unspecified atom stereocenters. The first kappa shape index (κ1) is 29.0. The molecule has 0 aromatic carbocycles. The lowest BCUT2D eigenvalue weighted by molar-refractivity contribution is -0.137. The van der Waals surface area contributed by atoms with E-state index in [1.807, 2.05) is 26.0 Å². The van der Waals surface area contributed by atoms with Gasteiger partial charge in [0, 0.05) is 34.9 Å². The van der Waals surface area contributed by atoms with Gasteiger partial charge < -0.3 is 20.2 Å². The molecule has 3 aromatic heterocycles. The van der Waals surface area contributed by atoms with Crippen LogP contribution < -0.4 is 0 Å². The van der Waals surface area contributed by atoms with E-state index in [4.69, 9.17) is 9.97 Å². The molecule has 0 atom stereocenters. The first-order valence-electron chi connectivity index (χ1n) is 14.6. The number of aliphatic carboxylic acids is 2. The van der Waals surface area contributed by atoms with E-state index < -0.39 is 11.9 Å². The van der Waals surface area contributed by atoms with Crippen LogP contribution in [0.3, 0.4) is 0 Å². The Morgan fingerprint density at radius 3 is 1.71 bits per heavy atom. The Labute approximate surface area is 245 Å². The summed E-state index contributed by atoms with van der Waals surface area (Å²) in [4.78, 5) is 40.3. The van der Waals surface area contributed by atoms with Crippen molar-refractivity contribution < 1.29 is 19.8 Å². The van der Waals surface area contributed by atoms with Crippen LogP contribution in [0.15, 0.2) is 24.3 Å². The monoisotopic (exact) mass is 566 g/mol. The van der Waals surface area contributed by atoms with Gasteiger partial charge >= 0.3 is 11.9 Å². The normalized spacial score (nSPS) is 13.3. The lowest BCUT2D eigenvalue weighted by Crippen LogP contribution is -1.98. The molecule has 4 N–H and O–H groups in total. The molecule has 0 radical (unpaired) electrons. The summed E-state index contributed by atoms with van der Waals surface area (Å²) in [6, 6.07) is 8.19. The lowest BCUT2D eigenvalue weighted by Gasteiger charge is -2.03. The number of hydrogen-bond donors (Lipinski definition) is 4. The summed E-state index contributed by atoms with van der Waals surface area (Å²) in [6.07, 6.45) is 2.39. The first-order chi connectivity index (χ1) is 20.0. The van der Waals surface area contributed by atoms with E-state index in [1.54, 1.807) is 0 Å². The SMILES string of the molecule is CCC1=C(C)c2cc3nc(cc4[nH]c(cc5[nH]c(cc1n2)c(C)c5CC)c(C)c4CCC(=O)O)C(CCC(=O)O)=C3C. The van der Waals surface area contributed by atoms with Crippen LogP contribution in [-0.2, 0) is 22.4 Å². The number of H-pyrrole nitrogens is 2. The predicted molar refractivity (Wildman–Crippen MR) is 168 cm³/mol. The van der Waals surface area contributed by atoms with Crippen LogP contribution in [0.2, 0.25) is 0 Å². The van der Waals surface area contributed by atoms with Gasteiger partial charge in [0.15, 0.2) is 0 Å². The van der Waals surface area contributed by atoms with Crippen molar-refractivity contribution in [2.45, 2.75) is 80.1 Å². The number of nitrogens with one attached hydrogen (secondary N) is 2. The maximum absolute atomic E-state index is 11.5. The highest BCUT2D eigenvalue weighted by molar-refractivity contribution is 5.96. The molecule has 0 fully saturated rings. The molecule has 0 amide bonds. The first-order valence-corrected chi connectivity index (χ1v) is 14.6. The summed E-state index contributed by atoms with van der Waals surface area (Å²) in [6.45, 7) is 12.5. The molecule has 0 saturated heterocycles. The van der Waals surface area contributed by atoms with Crippen LogP contribution in [0.5, 0.6) is 0 Å². The average Bonchev–Trinajstić information content (AvgIpc) is 3.59. The summed E-state index contributed by atoms with van der Waals surface area (Å²) in [7, 11) is 0. The van der Waals surface area contributed by atoms with Crippen molar-refractivity contribution >= 4 is 56.3 Å². The third-order valence-electron chi connectivity index (χ3n) is 8.69. The maximum atomic E-state index is 11.5. The highest BCUT2D eigenvalue weighted by atomic mass is 16.4. The Morgan fingerprint density at radius 2 is 1.12 bits per heavy atom. The Morgan fingerprint density at radius 1 is 0.619 bits per heavy atom. The van der Waals surface area contributed by atoms with E-state index in [-0.39, 0.29) is 12.8 Å². The topological polar surface area (TPSA) is 132 Å². The molecular weight excluding hydrogens is 528 g/mol. The Balaban J connectivity index is 1.93. The largest absolute Gasteiger partial charge is 0.481 e. The van der Waals surface area contributed by atoms with Gasteiger partial charge in [-0.15, -0.1) is 0 Å². The molecule has 2 aliphatic heterocycles. The van der Waals surface area contributed by atoms with Crippen LogP contribution in [0.4, 0.5) is 0 Å². The number of aromatic nitrogens is 4. The second-order valence-electron chi connectivity index (χ2n) is 11.2. The maximum Gasteiger partial charge on any atom is 0.303 e. The van der Waals surface area contributed by atoms with Gasteiger partial charge in [-0.05, 0) is 122 Å². The Hall–Kier alpha value is -4.46. The summed E-state index contributed by atoms with van der Waals surface area (Å²) in [5.74, 6) is -1.72. The average molecular weight is 567 g/mol. The third kappa shape index (κ3) is 5.29. The quantitative estimate of drug-likeness (QED) is 0.221. The van der Waals surface area contributed by atoms with Crippen LogP contribution in [0.25, 0.3) is 44.4 Å². The third-order valence-corrected chi connectivity index (χ3v) is 8.69. The molecular formula is C34H38N4O4. The second-order valence-corrected chi connectivity index (χ2v) is 11.2. The number of aryl methyl sites for hydroxylation is 4. The zero-order chi connectivity index (χ0) is 30.3. The molecule has 3 aromatic rings. The minimum Gasteiger partial charge on any atom is -0.481 e. The smallest absolute Gasteiger partial charge is 0.303 e. The van der Waals surface area contributed by atoms with Crippen LogP contribution in [0.1, 0.15) is 98.4 Å². The van der Waals surface area contributed by atoms with Crippen molar-refractivity contribution in [3.63, 3.8) is 0 Å². The summed E-state index contributed by atoms with van der Waals surface area (Å²) in [5.41, 5.74) is 15.4. The molecule has 0 saturated carbocycles. The highest BCUT2D eigenvalue weighted by Crippen LogP contribution is 2.37. The fourth-order valence-corrected chi connectivity index (χ4v) is 6.22. The number of nitrogens with zero attached hydrogens (tertiary/aromatic N) is 2. The minimum atomic E-state index is -0.867. The number of carbonyl (C=O) groups is 2. The fraction of sp³-hybridized carbons (Fsp3) is 0.353. The van der Waals surface area contributed by atoms with Crippen molar-refractivity contribution in [2.24, 2.45) is 0 Å². The molecule has 0 aliphatic carbocycles. The number of carboxylic acids is 2. The van der Waals surface area contributed by atoms with E-state index in [0.29, 0.717) is 18.5 Å². The van der Waals surface area contributed by atoms with Gasteiger partial charge in [-0.2, -0.15) is 0 Å². The zero-order valence-electron chi connectivity index (χ0n) is 25.2. The molecule has 218 valence electrons. The van der Waals surface area contributed by atoms with Crippen molar-refractivity contribution in [1.29, 1.82) is 0 Å². The number of carboxylic acid groups (broad SMARTS) is 2. The minimum absolute atomic E-state index is 0.00206. The number of aromatic amines is 2. The fourth-order valence-electron chi connectivity index (χ4n) is 6.22. The standard InChI is InChI=1S/C34H38N4O4/c1-7-21-17(3)25-13-26-19(5)23(9-11-33(39)40)31(37-26)16-32-24(10-12-34(41)42)20(6)28(38-32)15-30-22(8-2)18(4)27(36-30)14-29(21)35-25/h13-16,36,38H,7-12H2,1-6H3,(H,39,40)(H,41,42). The van der Waals surface area contributed by atoms with Gasteiger partial charge in [0.1, 0.15) is 0 Å². The van der Waals surface area contributed by atoms with Crippen LogP contribution in [0, 0.1) is 13.8 Å². The van der Waals surface area contributed by atoms with E-state index in [2.05, 4.69) is 49.8 Å². The Bertz CT molecular complexity index is 1850. The molecule has 0 spiro atoms. The van der Waals surface area contributed by atoms with Gasteiger partial charge in [-0.25, -0.2) is 9.97 Å². The molecule has 2 aliphatic rings.